The molecule has 0 aliphatic heterocycles. The Hall–Kier alpha value is -3.60. The van der Waals surface area contributed by atoms with Crippen LogP contribution in [-0.4, -0.2) is 18.5 Å². The summed E-state index contributed by atoms with van der Waals surface area (Å²) < 4.78 is 10.6. The van der Waals surface area contributed by atoms with Gasteiger partial charge in [-0.05, 0) is 67.6 Å². The number of nitrogens with one attached hydrogen (secondary N) is 1. The third kappa shape index (κ3) is 4.95. The van der Waals surface area contributed by atoms with Crippen LogP contribution >= 0.6 is 0 Å². The molecule has 3 aromatic carbocycles. The number of ether oxygens (including phenoxy) is 2. The quantitative estimate of drug-likeness (QED) is 0.634. The summed E-state index contributed by atoms with van der Waals surface area (Å²) in [4.78, 5) is 24.0. The highest BCUT2D eigenvalue weighted by molar-refractivity contribution is 6.04. The molecular weight excluding hydrogens is 342 g/mol. The van der Waals surface area contributed by atoms with Crippen molar-refractivity contribution in [3.05, 3.63) is 90.0 Å². The Balaban J connectivity index is 1.61. The third-order valence-corrected chi connectivity index (χ3v) is 3.75. The number of amides is 1. The van der Waals surface area contributed by atoms with E-state index in [4.69, 9.17) is 9.47 Å². The van der Waals surface area contributed by atoms with E-state index in [2.05, 4.69) is 5.32 Å². The van der Waals surface area contributed by atoms with Crippen LogP contribution in [0.25, 0.3) is 0 Å². The van der Waals surface area contributed by atoms with Crippen molar-refractivity contribution in [2.24, 2.45) is 0 Å². The lowest BCUT2D eigenvalue weighted by Gasteiger charge is -2.08. The summed E-state index contributed by atoms with van der Waals surface area (Å²) in [6, 6.07) is 22.9. The maximum absolute atomic E-state index is 12.4. The van der Waals surface area contributed by atoms with Gasteiger partial charge in [-0.1, -0.05) is 18.2 Å². The fourth-order valence-electron chi connectivity index (χ4n) is 2.41. The van der Waals surface area contributed by atoms with Crippen LogP contribution in [-0.2, 0) is 4.74 Å². The number of hydrogen-bond donors (Lipinski definition) is 1. The molecule has 0 atom stereocenters. The zero-order valence-electron chi connectivity index (χ0n) is 14.8. The van der Waals surface area contributed by atoms with E-state index < -0.39 is 0 Å². The number of rotatable bonds is 6. The van der Waals surface area contributed by atoms with Crippen LogP contribution in [0.4, 0.5) is 5.69 Å². The Morgan fingerprint density at radius 2 is 1.37 bits per heavy atom. The predicted molar refractivity (Wildman–Crippen MR) is 103 cm³/mol. The monoisotopic (exact) mass is 361 g/mol. The lowest BCUT2D eigenvalue weighted by atomic mass is 10.1. The van der Waals surface area contributed by atoms with Gasteiger partial charge < -0.3 is 14.8 Å². The highest BCUT2D eigenvalue weighted by atomic mass is 16.5. The Bertz CT molecular complexity index is 903. The molecule has 1 amide bonds. The molecular formula is C22H19NO4. The molecule has 0 radical (unpaired) electrons. The molecule has 3 aromatic rings. The average molecular weight is 361 g/mol. The Kier molecular flexibility index (Phi) is 5.84. The minimum atomic E-state index is -0.385. The van der Waals surface area contributed by atoms with E-state index in [0.29, 0.717) is 29.2 Å². The fraction of sp³-hybridized carbons (Fsp3) is 0.0909. The van der Waals surface area contributed by atoms with Crippen molar-refractivity contribution in [3.8, 4) is 11.5 Å². The summed E-state index contributed by atoms with van der Waals surface area (Å²) in [5.74, 6) is 0.752. The summed E-state index contributed by atoms with van der Waals surface area (Å²) in [6.07, 6.45) is 0. The van der Waals surface area contributed by atoms with Gasteiger partial charge in [-0.2, -0.15) is 0 Å². The fourth-order valence-corrected chi connectivity index (χ4v) is 2.41. The average Bonchev–Trinajstić information content (AvgIpc) is 2.70. The van der Waals surface area contributed by atoms with E-state index in [1.807, 2.05) is 30.3 Å². The van der Waals surface area contributed by atoms with Gasteiger partial charge in [-0.15, -0.1) is 0 Å². The van der Waals surface area contributed by atoms with Gasteiger partial charge in [0.25, 0.3) is 5.91 Å². The molecule has 0 unspecified atom stereocenters. The molecule has 0 aliphatic rings. The number of benzene rings is 3. The third-order valence-electron chi connectivity index (χ3n) is 3.75. The van der Waals surface area contributed by atoms with Crippen LogP contribution in [0, 0.1) is 0 Å². The van der Waals surface area contributed by atoms with E-state index in [9.17, 15) is 9.59 Å². The number of hydrogen-bond acceptors (Lipinski definition) is 4. The molecule has 0 saturated heterocycles. The first kappa shape index (κ1) is 18.2. The van der Waals surface area contributed by atoms with Crippen molar-refractivity contribution < 1.29 is 19.1 Å². The number of esters is 1. The van der Waals surface area contributed by atoms with Crippen LogP contribution in [0.5, 0.6) is 11.5 Å². The summed E-state index contributed by atoms with van der Waals surface area (Å²) >= 11 is 0. The molecule has 3 rings (SSSR count). The zero-order chi connectivity index (χ0) is 19.1. The van der Waals surface area contributed by atoms with Crippen LogP contribution in [0.2, 0.25) is 0 Å². The molecule has 0 aliphatic carbocycles. The normalized spacial score (nSPS) is 10.1. The van der Waals surface area contributed by atoms with Gasteiger partial charge in [0.05, 0.1) is 12.2 Å². The molecule has 0 bridgehead atoms. The zero-order valence-corrected chi connectivity index (χ0v) is 14.8. The molecule has 136 valence electrons. The molecule has 27 heavy (non-hydrogen) atoms. The van der Waals surface area contributed by atoms with Crippen LogP contribution in [0.15, 0.2) is 78.9 Å². The van der Waals surface area contributed by atoms with Gasteiger partial charge >= 0.3 is 5.97 Å². The molecule has 5 heteroatoms. The molecule has 0 fully saturated rings. The number of para-hydroxylation sites is 1. The molecule has 0 spiro atoms. The number of anilines is 1. The smallest absolute Gasteiger partial charge is 0.338 e. The second-order valence-corrected chi connectivity index (χ2v) is 5.69. The van der Waals surface area contributed by atoms with Crippen LogP contribution < -0.4 is 10.1 Å². The largest absolute Gasteiger partial charge is 0.462 e. The van der Waals surface area contributed by atoms with Crippen molar-refractivity contribution >= 4 is 17.6 Å². The maximum Gasteiger partial charge on any atom is 0.338 e. The highest BCUT2D eigenvalue weighted by Crippen LogP contribution is 2.21. The van der Waals surface area contributed by atoms with Crippen LogP contribution in [0.1, 0.15) is 27.6 Å². The number of carbonyl (C=O) groups excluding carboxylic acids is 2. The summed E-state index contributed by atoms with van der Waals surface area (Å²) in [7, 11) is 0. The highest BCUT2D eigenvalue weighted by Gasteiger charge is 2.09. The van der Waals surface area contributed by atoms with Gasteiger partial charge in [-0.3, -0.25) is 4.79 Å². The lowest BCUT2D eigenvalue weighted by Crippen LogP contribution is -2.12. The SMILES string of the molecule is CCOC(=O)c1ccc(NC(=O)c2ccc(Oc3ccccc3)cc2)cc1. The van der Waals surface area contributed by atoms with Crippen LogP contribution in [0.3, 0.4) is 0 Å². The lowest BCUT2D eigenvalue weighted by molar-refractivity contribution is 0.0526. The van der Waals surface area contributed by atoms with Crippen molar-refractivity contribution in [2.45, 2.75) is 6.92 Å². The van der Waals surface area contributed by atoms with E-state index in [1.54, 1.807) is 55.5 Å². The van der Waals surface area contributed by atoms with Crippen molar-refractivity contribution in [2.75, 3.05) is 11.9 Å². The van der Waals surface area contributed by atoms with Crippen molar-refractivity contribution in [3.63, 3.8) is 0 Å². The van der Waals surface area contributed by atoms with E-state index in [1.165, 1.54) is 0 Å². The topological polar surface area (TPSA) is 64.6 Å². The first-order valence-corrected chi connectivity index (χ1v) is 8.57. The van der Waals surface area contributed by atoms with E-state index in [0.717, 1.165) is 5.75 Å². The summed E-state index contributed by atoms with van der Waals surface area (Å²) in [5, 5.41) is 2.79. The van der Waals surface area contributed by atoms with Gasteiger partial charge in [-0.25, -0.2) is 4.79 Å². The second-order valence-electron chi connectivity index (χ2n) is 5.69. The summed E-state index contributed by atoms with van der Waals surface area (Å²) in [5.41, 5.74) is 1.54. The Morgan fingerprint density at radius 1 is 0.778 bits per heavy atom. The Morgan fingerprint density at radius 3 is 2.00 bits per heavy atom. The minimum absolute atomic E-state index is 0.245. The van der Waals surface area contributed by atoms with E-state index >= 15 is 0 Å². The molecule has 0 aromatic heterocycles. The molecule has 0 saturated carbocycles. The standard InChI is InChI=1S/C22H19NO4/c1-2-26-22(25)17-8-12-18(13-9-17)23-21(24)16-10-14-20(15-11-16)27-19-6-4-3-5-7-19/h3-15H,2H2,1H3,(H,23,24). The van der Waals surface area contributed by atoms with Gasteiger partial charge in [0.15, 0.2) is 0 Å². The second kappa shape index (κ2) is 8.67. The van der Waals surface area contributed by atoms with Gasteiger partial charge in [0.1, 0.15) is 11.5 Å². The van der Waals surface area contributed by atoms with Crippen molar-refractivity contribution in [1.29, 1.82) is 0 Å². The summed E-state index contributed by atoms with van der Waals surface area (Å²) in [6.45, 7) is 2.07. The number of carbonyl (C=O) groups is 2. The van der Waals surface area contributed by atoms with Gasteiger partial charge in [0, 0.05) is 11.3 Å². The Labute approximate surface area is 157 Å². The van der Waals surface area contributed by atoms with Gasteiger partial charge in [0.2, 0.25) is 0 Å². The maximum atomic E-state index is 12.4. The molecule has 5 nitrogen and oxygen atoms in total. The first-order valence-electron chi connectivity index (χ1n) is 8.57. The predicted octanol–water partition coefficient (Wildman–Crippen LogP) is 4.91. The minimum Gasteiger partial charge on any atom is -0.462 e. The first-order chi connectivity index (χ1) is 13.2. The molecule has 0 heterocycles. The van der Waals surface area contributed by atoms with E-state index in [-0.39, 0.29) is 11.9 Å². The molecule has 1 N–H and O–H groups in total. The van der Waals surface area contributed by atoms with Crippen molar-refractivity contribution in [1.82, 2.24) is 0 Å².